The summed E-state index contributed by atoms with van der Waals surface area (Å²) in [5.41, 5.74) is 10.6. The number of nitrogens with zero attached hydrogens (tertiary/aromatic N) is 1. The maximum absolute atomic E-state index is 12.5. The van der Waals surface area contributed by atoms with E-state index in [2.05, 4.69) is 0 Å². The lowest BCUT2D eigenvalue weighted by atomic mass is 9.83. The predicted octanol–water partition coefficient (Wildman–Crippen LogP) is -0.536. The Hall–Kier alpha value is -1.14. The van der Waals surface area contributed by atoms with Gasteiger partial charge in [0.15, 0.2) is 0 Å². The van der Waals surface area contributed by atoms with Crippen molar-refractivity contribution in [2.24, 2.45) is 22.8 Å². The fourth-order valence-corrected chi connectivity index (χ4v) is 2.90. The summed E-state index contributed by atoms with van der Waals surface area (Å²) in [6.45, 7) is 4.08. The second-order valence-corrected chi connectivity index (χ2v) is 5.95. The minimum absolute atomic E-state index is 0.0787. The van der Waals surface area contributed by atoms with Gasteiger partial charge in [-0.2, -0.15) is 0 Å². The van der Waals surface area contributed by atoms with E-state index < -0.39 is 5.41 Å². The van der Waals surface area contributed by atoms with Crippen molar-refractivity contribution >= 4 is 11.8 Å². The third-order valence-corrected chi connectivity index (χ3v) is 4.40. The number of nitrogens with two attached hydrogens (primary N) is 2. The van der Waals surface area contributed by atoms with Gasteiger partial charge in [-0.15, -0.1) is 0 Å². The average Bonchev–Trinajstić information content (AvgIpc) is 2.70. The molecule has 2 saturated heterocycles. The Bertz CT molecular complexity index is 366. The number of primary amides is 1. The Morgan fingerprint density at radius 1 is 1.37 bits per heavy atom. The Morgan fingerprint density at radius 3 is 2.47 bits per heavy atom. The standard InChI is InChI=1S/C13H23N3O3/c1-13(8-19-7-10(13)14)12(18)16-4-2-9(3-5-16)6-11(15)17/h9-10H,2-8,14H2,1H3,(H2,15,17). The molecule has 0 spiro atoms. The van der Waals surface area contributed by atoms with Crippen LogP contribution in [0.2, 0.25) is 0 Å². The molecule has 2 rings (SSSR count). The van der Waals surface area contributed by atoms with Gasteiger partial charge in [0.05, 0.1) is 18.6 Å². The number of hydrogen-bond donors (Lipinski definition) is 2. The molecule has 2 aliphatic rings. The molecule has 108 valence electrons. The molecule has 6 nitrogen and oxygen atoms in total. The van der Waals surface area contributed by atoms with Gasteiger partial charge >= 0.3 is 0 Å². The summed E-state index contributed by atoms with van der Waals surface area (Å²) in [7, 11) is 0. The molecule has 0 bridgehead atoms. The topological polar surface area (TPSA) is 98.6 Å². The van der Waals surface area contributed by atoms with Crippen LogP contribution in [-0.2, 0) is 14.3 Å². The van der Waals surface area contributed by atoms with E-state index in [-0.39, 0.29) is 17.9 Å². The first-order valence-corrected chi connectivity index (χ1v) is 6.84. The van der Waals surface area contributed by atoms with E-state index in [1.165, 1.54) is 0 Å². The second-order valence-electron chi connectivity index (χ2n) is 5.95. The number of amides is 2. The quantitative estimate of drug-likeness (QED) is 0.719. The Labute approximate surface area is 113 Å². The van der Waals surface area contributed by atoms with Crippen molar-refractivity contribution in [1.29, 1.82) is 0 Å². The first kappa shape index (κ1) is 14.3. The van der Waals surface area contributed by atoms with Gasteiger partial charge in [0.1, 0.15) is 0 Å². The molecule has 2 heterocycles. The van der Waals surface area contributed by atoms with Crippen LogP contribution >= 0.6 is 0 Å². The van der Waals surface area contributed by atoms with Crippen LogP contribution in [0.15, 0.2) is 0 Å². The fourth-order valence-electron chi connectivity index (χ4n) is 2.90. The minimum atomic E-state index is -0.601. The highest BCUT2D eigenvalue weighted by Gasteiger charge is 2.46. The molecule has 0 aromatic heterocycles. The van der Waals surface area contributed by atoms with Gasteiger partial charge in [-0.3, -0.25) is 9.59 Å². The maximum Gasteiger partial charge on any atom is 0.232 e. The number of carbonyl (C=O) groups excluding carboxylic acids is 2. The van der Waals surface area contributed by atoms with Crippen molar-refractivity contribution in [3.05, 3.63) is 0 Å². The lowest BCUT2D eigenvalue weighted by Crippen LogP contribution is -2.53. The summed E-state index contributed by atoms with van der Waals surface area (Å²) in [5.74, 6) is 0.126. The molecular weight excluding hydrogens is 246 g/mol. The first-order valence-electron chi connectivity index (χ1n) is 6.84. The SMILES string of the molecule is CC1(C(=O)N2CCC(CC(N)=O)CC2)COCC1N. The molecule has 19 heavy (non-hydrogen) atoms. The number of piperidine rings is 1. The Morgan fingerprint density at radius 2 is 2.00 bits per heavy atom. The van der Waals surface area contributed by atoms with E-state index in [0.717, 1.165) is 12.8 Å². The van der Waals surface area contributed by atoms with Gasteiger partial charge in [0, 0.05) is 25.6 Å². The van der Waals surface area contributed by atoms with Crippen molar-refractivity contribution in [1.82, 2.24) is 4.90 Å². The molecule has 2 amide bonds. The van der Waals surface area contributed by atoms with Crippen molar-refractivity contribution in [3.8, 4) is 0 Å². The van der Waals surface area contributed by atoms with E-state index in [4.69, 9.17) is 16.2 Å². The van der Waals surface area contributed by atoms with Crippen LogP contribution in [0.3, 0.4) is 0 Å². The highest BCUT2D eigenvalue weighted by Crippen LogP contribution is 2.31. The number of carbonyl (C=O) groups is 2. The van der Waals surface area contributed by atoms with Gasteiger partial charge in [-0.05, 0) is 25.7 Å². The maximum atomic E-state index is 12.5. The molecule has 0 aromatic rings. The molecule has 0 radical (unpaired) electrons. The Kier molecular flexibility index (Phi) is 4.10. The lowest BCUT2D eigenvalue weighted by molar-refractivity contribution is -0.143. The van der Waals surface area contributed by atoms with Crippen molar-refractivity contribution in [2.45, 2.75) is 32.2 Å². The number of likely N-dealkylation sites (tertiary alicyclic amines) is 1. The van der Waals surface area contributed by atoms with Gasteiger partial charge in [-0.25, -0.2) is 0 Å². The predicted molar refractivity (Wildman–Crippen MR) is 70.0 cm³/mol. The summed E-state index contributed by atoms with van der Waals surface area (Å²) in [6.07, 6.45) is 2.09. The summed E-state index contributed by atoms with van der Waals surface area (Å²) in [5, 5.41) is 0. The number of hydrogen-bond acceptors (Lipinski definition) is 4. The van der Waals surface area contributed by atoms with Crippen LogP contribution < -0.4 is 11.5 Å². The van der Waals surface area contributed by atoms with E-state index in [9.17, 15) is 9.59 Å². The normalized spacial score (nSPS) is 32.5. The van der Waals surface area contributed by atoms with Gasteiger partial charge in [0.2, 0.25) is 11.8 Å². The van der Waals surface area contributed by atoms with E-state index >= 15 is 0 Å². The molecule has 2 fully saturated rings. The summed E-state index contributed by atoms with van der Waals surface area (Å²) < 4.78 is 5.32. The fraction of sp³-hybridized carbons (Fsp3) is 0.846. The molecule has 2 aliphatic heterocycles. The van der Waals surface area contributed by atoms with Crippen LogP contribution in [0.25, 0.3) is 0 Å². The Balaban J connectivity index is 1.91. The zero-order chi connectivity index (χ0) is 14.0. The van der Waals surface area contributed by atoms with E-state index in [0.29, 0.717) is 38.6 Å². The molecule has 0 saturated carbocycles. The van der Waals surface area contributed by atoms with Gasteiger partial charge in [0.25, 0.3) is 0 Å². The first-order chi connectivity index (χ1) is 8.93. The molecule has 4 N–H and O–H groups in total. The molecular formula is C13H23N3O3. The molecule has 6 heteroatoms. The monoisotopic (exact) mass is 269 g/mol. The van der Waals surface area contributed by atoms with Crippen LogP contribution in [-0.4, -0.2) is 49.1 Å². The minimum Gasteiger partial charge on any atom is -0.379 e. The molecule has 0 aliphatic carbocycles. The zero-order valence-electron chi connectivity index (χ0n) is 11.4. The highest BCUT2D eigenvalue weighted by atomic mass is 16.5. The zero-order valence-corrected chi connectivity index (χ0v) is 11.4. The lowest BCUT2D eigenvalue weighted by Gasteiger charge is -2.37. The smallest absolute Gasteiger partial charge is 0.232 e. The van der Waals surface area contributed by atoms with Crippen molar-refractivity contribution < 1.29 is 14.3 Å². The van der Waals surface area contributed by atoms with Crippen molar-refractivity contribution in [2.75, 3.05) is 26.3 Å². The summed E-state index contributed by atoms with van der Waals surface area (Å²) >= 11 is 0. The van der Waals surface area contributed by atoms with Crippen LogP contribution in [0.4, 0.5) is 0 Å². The van der Waals surface area contributed by atoms with E-state index in [1.807, 2.05) is 11.8 Å². The summed E-state index contributed by atoms with van der Waals surface area (Å²) in [6, 6.07) is -0.233. The summed E-state index contributed by atoms with van der Waals surface area (Å²) in [4.78, 5) is 25.3. The van der Waals surface area contributed by atoms with Gasteiger partial charge in [-0.1, -0.05) is 0 Å². The third kappa shape index (κ3) is 2.90. The van der Waals surface area contributed by atoms with Crippen molar-refractivity contribution in [3.63, 3.8) is 0 Å². The highest BCUT2D eigenvalue weighted by molar-refractivity contribution is 5.84. The van der Waals surface area contributed by atoms with Gasteiger partial charge < -0.3 is 21.1 Å². The second kappa shape index (κ2) is 5.46. The molecule has 2 unspecified atom stereocenters. The van der Waals surface area contributed by atoms with Crippen LogP contribution in [0, 0.1) is 11.3 Å². The average molecular weight is 269 g/mol. The number of rotatable bonds is 3. The third-order valence-electron chi connectivity index (χ3n) is 4.40. The van der Waals surface area contributed by atoms with E-state index in [1.54, 1.807) is 0 Å². The van der Waals surface area contributed by atoms with Crippen LogP contribution in [0.5, 0.6) is 0 Å². The molecule has 0 aromatic carbocycles. The molecule has 2 atom stereocenters. The number of ether oxygens (including phenoxy) is 1. The van der Waals surface area contributed by atoms with Crippen LogP contribution in [0.1, 0.15) is 26.2 Å². The largest absolute Gasteiger partial charge is 0.379 e.